The molecule has 3 aromatic rings. The Bertz CT molecular complexity index is 1240. The first kappa shape index (κ1) is 24.2. The molecule has 2 heterocycles. The molecule has 6 nitrogen and oxygen atoms in total. The molecule has 2 aliphatic heterocycles. The lowest BCUT2D eigenvalue weighted by Crippen LogP contribution is -2.62. The van der Waals surface area contributed by atoms with Crippen molar-refractivity contribution in [2.24, 2.45) is 11.8 Å². The van der Waals surface area contributed by atoms with Gasteiger partial charge in [-0.25, -0.2) is 4.39 Å². The molecule has 0 bridgehead atoms. The third-order valence-electron chi connectivity index (χ3n) is 7.61. The van der Waals surface area contributed by atoms with Crippen LogP contribution in [0.2, 0.25) is 0 Å². The number of carbonyl (C=O) groups is 2. The topological polar surface area (TPSA) is 89.9 Å². The molecule has 2 fully saturated rings. The van der Waals surface area contributed by atoms with E-state index in [9.17, 15) is 24.2 Å². The summed E-state index contributed by atoms with van der Waals surface area (Å²) >= 11 is 0. The third-order valence-corrected chi connectivity index (χ3v) is 7.61. The van der Waals surface area contributed by atoms with E-state index in [0.29, 0.717) is 35.3 Å². The molecular weight excluding hydrogens is 459 g/mol. The average molecular weight is 489 g/mol. The number of nitrogens with one attached hydrogen (secondary N) is 1. The minimum Gasteiger partial charge on any atom is -0.508 e. The van der Waals surface area contributed by atoms with E-state index in [0.717, 1.165) is 13.1 Å². The number of phenolic OH excluding ortho intramolecular Hbond substituents is 2. The highest BCUT2D eigenvalue weighted by atomic mass is 19.1. The van der Waals surface area contributed by atoms with Crippen molar-refractivity contribution in [2.75, 3.05) is 26.2 Å². The summed E-state index contributed by atoms with van der Waals surface area (Å²) < 4.78 is 14.8. The summed E-state index contributed by atoms with van der Waals surface area (Å²) in [6, 6.07) is 17.4. The van der Waals surface area contributed by atoms with Crippen LogP contribution >= 0.6 is 0 Å². The van der Waals surface area contributed by atoms with Crippen molar-refractivity contribution in [1.82, 2.24) is 10.2 Å². The summed E-state index contributed by atoms with van der Waals surface area (Å²) in [6.07, 6.45) is 0. The van der Waals surface area contributed by atoms with Gasteiger partial charge >= 0.3 is 0 Å². The van der Waals surface area contributed by atoms with E-state index in [2.05, 4.69) is 10.2 Å². The maximum Gasteiger partial charge on any atom is 0.167 e. The molecule has 0 spiro atoms. The number of ketones is 2. The zero-order valence-corrected chi connectivity index (χ0v) is 20.0. The van der Waals surface area contributed by atoms with Crippen LogP contribution in [-0.2, 0) is 0 Å². The fraction of sp³-hybridized carbons (Fsp3) is 0.310. The number of rotatable bonds is 6. The Balaban J connectivity index is 1.64. The van der Waals surface area contributed by atoms with Gasteiger partial charge in [0.25, 0.3) is 0 Å². The van der Waals surface area contributed by atoms with E-state index in [-0.39, 0.29) is 34.9 Å². The molecule has 36 heavy (non-hydrogen) atoms. The number of Topliss-reactive ketones (excluding diaryl/α,β-unsaturated/α-hetero) is 2. The fourth-order valence-corrected chi connectivity index (χ4v) is 5.57. The van der Waals surface area contributed by atoms with Gasteiger partial charge in [0.05, 0.1) is 0 Å². The van der Waals surface area contributed by atoms with Crippen LogP contribution in [0.3, 0.4) is 0 Å². The number of phenols is 2. The minimum absolute atomic E-state index is 0.0115. The van der Waals surface area contributed by atoms with Crippen molar-refractivity contribution in [2.45, 2.75) is 18.9 Å². The normalized spacial score (nSPS) is 22.7. The average Bonchev–Trinajstić information content (AvgIpc) is 2.83. The number of benzene rings is 3. The van der Waals surface area contributed by atoms with Crippen LogP contribution in [0.25, 0.3) is 0 Å². The maximum atomic E-state index is 14.8. The molecule has 0 saturated carbocycles. The lowest BCUT2D eigenvalue weighted by atomic mass is 9.67. The number of likely N-dealkylation sites (tertiary alicyclic amines) is 1. The molecule has 186 valence electrons. The van der Waals surface area contributed by atoms with Gasteiger partial charge < -0.3 is 15.5 Å². The summed E-state index contributed by atoms with van der Waals surface area (Å²) in [7, 11) is 0. The van der Waals surface area contributed by atoms with Crippen LogP contribution in [0.1, 0.15) is 37.8 Å². The van der Waals surface area contributed by atoms with Crippen molar-refractivity contribution in [3.8, 4) is 11.5 Å². The maximum absolute atomic E-state index is 14.8. The highest BCUT2D eigenvalue weighted by Gasteiger charge is 2.47. The second-order valence-corrected chi connectivity index (χ2v) is 9.79. The molecule has 0 radical (unpaired) electrons. The van der Waals surface area contributed by atoms with E-state index in [1.807, 2.05) is 0 Å². The van der Waals surface area contributed by atoms with Gasteiger partial charge in [-0.05, 0) is 48.4 Å². The van der Waals surface area contributed by atoms with Crippen molar-refractivity contribution in [3.63, 3.8) is 0 Å². The number of nitrogens with zero attached hydrogens (tertiary/aromatic N) is 1. The van der Waals surface area contributed by atoms with E-state index in [1.54, 1.807) is 43.3 Å². The Morgan fingerprint density at radius 2 is 1.39 bits per heavy atom. The second-order valence-electron chi connectivity index (χ2n) is 9.79. The Labute approximate surface area is 209 Å². The zero-order chi connectivity index (χ0) is 25.4. The second kappa shape index (κ2) is 9.84. The van der Waals surface area contributed by atoms with Crippen molar-refractivity contribution >= 4 is 11.6 Å². The van der Waals surface area contributed by atoms with Crippen LogP contribution in [0.5, 0.6) is 11.5 Å². The molecule has 3 N–H and O–H groups in total. The number of aromatic hydroxyl groups is 2. The van der Waals surface area contributed by atoms with E-state index >= 15 is 0 Å². The molecule has 2 aliphatic rings. The van der Waals surface area contributed by atoms with Crippen LogP contribution in [0.15, 0.2) is 66.7 Å². The first-order valence-corrected chi connectivity index (χ1v) is 12.2. The van der Waals surface area contributed by atoms with E-state index in [1.165, 1.54) is 30.3 Å². The molecule has 2 atom stereocenters. The first-order chi connectivity index (χ1) is 17.3. The summed E-state index contributed by atoms with van der Waals surface area (Å²) in [5.74, 6) is -2.62. The summed E-state index contributed by atoms with van der Waals surface area (Å²) in [6.45, 7) is 4.06. The quantitative estimate of drug-likeness (QED) is 0.456. The summed E-state index contributed by atoms with van der Waals surface area (Å²) in [5.41, 5.74) is 1.77. The molecule has 3 aromatic carbocycles. The fourth-order valence-electron chi connectivity index (χ4n) is 5.57. The largest absolute Gasteiger partial charge is 0.508 e. The van der Waals surface area contributed by atoms with Crippen molar-refractivity contribution in [3.05, 3.63) is 94.8 Å². The Kier molecular flexibility index (Phi) is 6.60. The Hall–Kier alpha value is -3.55. The van der Waals surface area contributed by atoms with Gasteiger partial charge in [0.2, 0.25) is 0 Å². The van der Waals surface area contributed by atoms with Gasteiger partial charge in [0.15, 0.2) is 11.6 Å². The molecule has 2 saturated heterocycles. The van der Waals surface area contributed by atoms with Gasteiger partial charge in [-0.2, -0.15) is 0 Å². The zero-order valence-electron chi connectivity index (χ0n) is 20.0. The van der Waals surface area contributed by atoms with Gasteiger partial charge in [-0.1, -0.05) is 36.4 Å². The third kappa shape index (κ3) is 4.52. The number of carbonyl (C=O) groups excluding carboxylic acids is 2. The molecule has 0 aliphatic carbocycles. The van der Waals surface area contributed by atoms with E-state index < -0.39 is 17.8 Å². The predicted octanol–water partition coefficient (Wildman–Crippen LogP) is 3.91. The van der Waals surface area contributed by atoms with Crippen LogP contribution in [-0.4, -0.2) is 58.9 Å². The molecule has 5 rings (SSSR count). The molecular formula is C29H29FN2O4. The number of hydrogen-bond acceptors (Lipinski definition) is 6. The molecule has 7 heteroatoms. The highest BCUT2D eigenvalue weighted by Crippen LogP contribution is 2.43. The molecule has 0 aromatic heterocycles. The van der Waals surface area contributed by atoms with Crippen LogP contribution in [0, 0.1) is 24.6 Å². The van der Waals surface area contributed by atoms with Gasteiger partial charge in [0, 0.05) is 61.1 Å². The monoisotopic (exact) mass is 488 g/mol. The SMILES string of the molecule is Cc1c(F)cccc1C1C(C(=O)c2cccc(O)c2)CN(C2CNC2)CC1C(=O)c1cccc(O)c1. The van der Waals surface area contributed by atoms with E-state index in [4.69, 9.17) is 0 Å². The Morgan fingerprint density at radius 3 is 1.86 bits per heavy atom. The predicted molar refractivity (Wildman–Crippen MR) is 134 cm³/mol. The van der Waals surface area contributed by atoms with Crippen LogP contribution in [0.4, 0.5) is 4.39 Å². The van der Waals surface area contributed by atoms with Gasteiger partial charge in [0.1, 0.15) is 17.3 Å². The number of halogens is 1. The van der Waals surface area contributed by atoms with Crippen molar-refractivity contribution < 1.29 is 24.2 Å². The van der Waals surface area contributed by atoms with Crippen LogP contribution < -0.4 is 5.32 Å². The minimum atomic E-state index is -0.632. The summed E-state index contributed by atoms with van der Waals surface area (Å²) in [5, 5.41) is 23.3. The number of piperidine rings is 1. The lowest BCUT2D eigenvalue weighted by molar-refractivity contribution is 0.0354. The number of hydrogen-bond donors (Lipinski definition) is 3. The molecule has 2 unspecified atom stereocenters. The molecule has 0 amide bonds. The van der Waals surface area contributed by atoms with Gasteiger partial charge in [-0.15, -0.1) is 0 Å². The smallest absolute Gasteiger partial charge is 0.167 e. The van der Waals surface area contributed by atoms with Crippen molar-refractivity contribution in [1.29, 1.82) is 0 Å². The van der Waals surface area contributed by atoms with Gasteiger partial charge in [-0.3, -0.25) is 14.5 Å². The standard InChI is InChI=1S/C29H29FN2O4/c1-17-23(9-4-10-26(17)30)27-24(28(35)18-5-2-7-21(33)11-18)15-32(20-13-31-14-20)16-25(27)29(36)19-6-3-8-22(34)12-19/h2-12,20,24-25,27,31,33-34H,13-16H2,1H3. The lowest BCUT2D eigenvalue weighted by Gasteiger charge is -2.48. The first-order valence-electron chi connectivity index (χ1n) is 12.2. The highest BCUT2D eigenvalue weighted by molar-refractivity contribution is 6.02. The summed E-state index contributed by atoms with van der Waals surface area (Å²) in [4.78, 5) is 30.1. The Morgan fingerprint density at radius 1 is 0.861 bits per heavy atom.